The van der Waals surface area contributed by atoms with E-state index < -0.39 is 6.10 Å². The van der Waals surface area contributed by atoms with Crippen LogP contribution < -0.4 is 4.74 Å². The Kier molecular flexibility index (Phi) is 4.45. The molecule has 1 aromatic carbocycles. The highest BCUT2D eigenvalue weighted by molar-refractivity contribution is 5.44. The molecule has 116 valence electrons. The molecule has 2 aliphatic heterocycles. The number of ether oxygens (including phenoxy) is 1. The Balaban J connectivity index is 1.68. The summed E-state index contributed by atoms with van der Waals surface area (Å²) in [6.07, 6.45) is -0.488. The predicted octanol–water partition coefficient (Wildman–Crippen LogP) is 0.399. The minimum Gasteiger partial charge on any atom is -0.491 e. The Labute approximate surface area is 125 Å². The van der Waals surface area contributed by atoms with Gasteiger partial charge in [-0.1, -0.05) is 18.2 Å². The van der Waals surface area contributed by atoms with Gasteiger partial charge in [0.25, 0.3) is 0 Å². The Bertz CT molecular complexity index is 486. The van der Waals surface area contributed by atoms with Crippen molar-refractivity contribution in [2.75, 3.05) is 45.9 Å². The molecule has 0 radical (unpaired) electrons. The average molecular weight is 292 g/mol. The molecule has 0 spiro atoms. The largest absolute Gasteiger partial charge is 0.491 e. The van der Waals surface area contributed by atoms with Crippen LogP contribution in [0.1, 0.15) is 17.2 Å². The highest BCUT2D eigenvalue weighted by Gasteiger charge is 2.35. The fraction of sp³-hybridized carbons (Fsp3) is 0.625. The molecule has 1 saturated heterocycles. The first-order valence-electron chi connectivity index (χ1n) is 7.68. The Hall–Kier alpha value is -1.14. The Morgan fingerprint density at radius 3 is 2.71 bits per heavy atom. The summed E-state index contributed by atoms with van der Waals surface area (Å²) in [7, 11) is 0. The fourth-order valence-corrected chi connectivity index (χ4v) is 3.34. The fourth-order valence-electron chi connectivity index (χ4n) is 3.34. The Morgan fingerprint density at radius 1 is 1.24 bits per heavy atom. The van der Waals surface area contributed by atoms with Gasteiger partial charge in [-0.2, -0.15) is 0 Å². The van der Waals surface area contributed by atoms with Crippen LogP contribution in [-0.4, -0.2) is 72.0 Å². The van der Waals surface area contributed by atoms with Crippen LogP contribution in [0.25, 0.3) is 0 Å². The van der Waals surface area contributed by atoms with E-state index in [1.54, 1.807) is 0 Å². The van der Waals surface area contributed by atoms with Crippen LogP contribution in [0.3, 0.4) is 0 Å². The lowest BCUT2D eigenvalue weighted by atomic mass is 9.95. The third-order valence-corrected chi connectivity index (χ3v) is 4.62. The highest BCUT2D eigenvalue weighted by Crippen LogP contribution is 2.36. The van der Waals surface area contributed by atoms with E-state index >= 15 is 0 Å². The van der Waals surface area contributed by atoms with Gasteiger partial charge in [0.05, 0.1) is 12.6 Å². The van der Waals surface area contributed by atoms with Crippen molar-refractivity contribution in [2.45, 2.75) is 19.1 Å². The van der Waals surface area contributed by atoms with Gasteiger partial charge in [-0.15, -0.1) is 0 Å². The topological polar surface area (TPSA) is 56.2 Å². The van der Waals surface area contributed by atoms with Crippen molar-refractivity contribution >= 4 is 0 Å². The smallest absolute Gasteiger partial charge is 0.128 e. The van der Waals surface area contributed by atoms with E-state index in [9.17, 15) is 5.11 Å². The number of para-hydroxylation sites is 1. The average Bonchev–Trinajstić information content (AvgIpc) is 2.50. The molecular formula is C16H24N2O3. The third-order valence-electron chi connectivity index (χ3n) is 4.62. The number of rotatable bonds is 3. The number of piperazine rings is 1. The van der Waals surface area contributed by atoms with Crippen LogP contribution >= 0.6 is 0 Å². The lowest BCUT2D eigenvalue weighted by Gasteiger charge is -2.43. The second-order valence-corrected chi connectivity index (χ2v) is 5.92. The first kappa shape index (κ1) is 14.8. The number of hydrogen-bond acceptors (Lipinski definition) is 5. The van der Waals surface area contributed by atoms with Crippen molar-refractivity contribution in [3.8, 4) is 5.75 Å². The SMILES string of the molecule is Cc1cccc2c1OCC(N1CCN(CCO)CC1)C2O. The second kappa shape index (κ2) is 6.32. The minimum atomic E-state index is -0.488. The lowest BCUT2D eigenvalue weighted by Crippen LogP contribution is -2.55. The monoisotopic (exact) mass is 292 g/mol. The van der Waals surface area contributed by atoms with Gasteiger partial charge >= 0.3 is 0 Å². The van der Waals surface area contributed by atoms with Gasteiger partial charge in [0.15, 0.2) is 0 Å². The number of benzene rings is 1. The normalized spacial score (nSPS) is 27.2. The van der Waals surface area contributed by atoms with Gasteiger partial charge < -0.3 is 14.9 Å². The first-order chi connectivity index (χ1) is 10.2. The maximum Gasteiger partial charge on any atom is 0.128 e. The number of hydrogen-bond donors (Lipinski definition) is 2. The van der Waals surface area contributed by atoms with Crippen molar-refractivity contribution in [1.29, 1.82) is 0 Å². The first-order valence-corrected chi connectivity index (χ1v) is 7.68. The number of fused-ring (bicyclic) bond motifs is 1. The van der Waals surface area contributed by atoms with E-state index in [2.05, 4.69) is 9.80 Å². The summed E-state index contributed by atoms with van der Waals surface area (Å²) in [6.45, 7) is 7.19. The van der Waals surface area contributed by atoms with Crippen molar-refractivity contribution < 1.29 is 14.9 Å². The second-order valence-electron chi connectivity index (χ2n) is 5.92. The zero-order valence-electron chi connectivity index (χ0n) is 12.5. The summed E-state index contributed by atoms with van der Waals surface area (Å²) in [5.74, 6) is 0.847. The van der Waals surface area contributed by atoms with E-state index in [0.29, 0.717) is 6.61 Å². The van der Waals surface area contributed by atoms with Crippen molar-refractivity contribution in [1.82, 2.24) is 9.80 Å². The van der Waals surface area contributed by atoms with E-state index in [1.807, 2.05) is 25.1 Å². The molecule has 0 aliphatic carbocycles. The van der Waals surface area contributed by atoms with E-state index in [1.165, 1.54) is 0 Å². The number of aryl methyl sites for hydroxylation is 1. The van der Waals surface area contributed by atoms with Gasteiger partial charge in [-0.3, -0.25) is 9.80 Å². The molecule has 2 N–H and O–H groups in total. The predicted molar refractivity (Wildman–Crippen MR) is 80.5 cm³/mol. The minimum absolute atomic E-state index is 0.0237. The van der Waals surface area contributed by atoms with Crippen molar-refractivity contribution in [3.63, 3.8) is 0 Å². The summed E-state index contributed by atoms with van der Waals surface area (Å²) in [5, 5.41) is 19.7. The lowest BCUT2D eigenvalue weighted by molar-refractivity contribution is -0.0189. The molecule has 5 heteroatoms. The van der Waals surface area contributed by atoms with E-state index in [0.717, 1.165) is 49.6 Å². The summed E-state index contributed by atoms with van der Waals surface area (Å²) in [4.78, 5) is 4.56. The molecule has 2 aliphatic rings. The summed E-state index contributed by atoms with van der Waals surface area (Å²) < 4.78 is 5.91. The number of nitrogens with zero attached hydrogens (tertiary/aromatic N) is 2. The molecular weight excluding hydrogens is 268 g/mol. The zero-order chi connectivity index (χ0) is 14.8. The van der Waals surface area contributed by atoms with Gasteiger partial charge in [0.1, 0.15) is 18.5 Å². The molecule has 3 rings (SSSR count). The van der Waals surface area contributed by atoms with Gasteiger partial charge in [-0.25, -0.2) is 0 Å². The highest BCUT2D eigenvalue weighted by atomic mass is 16.5. The molecule has 21 heavy (non-hydrogen) atoms. The third kappa shape index (κ3) is 2.92. The maximum atomic E-state index is 10.7. The van der Waals surface area contributed by atoms with Crippen LogP contribution in [0.15, 0.2) is 18.2 Å². The zero-order valence-corrected chi connectivity index (χ0v) is 12.5. The standard InChI is InChI=1S/C16H24N2O3/c1-12-3-2-4-13-15(20)14(11-21-16(12)13)18-7-5-17(6-8-18)9-10-19/h2-4,14-15,19-20H,5-11H2,1H3. The van der Waals surface area contributed by atoms with Gasteiger partial charge in [0, 0.05) is 38.3 Å². The number of aliphatic hydroxyl groups excluding tert-OH is 2. The quantitative estimate of drug-likeness (QED) is 0.844. The molecule has 2 heterocycles. The van der Waals surface area contributed by atoms with Gasteiger partial charge in [0.2, 0.25) is 0 Å². The summed E-state index contributed by atoms with van der Waals surface area (Å²) >= 11 is 0. The van der Waals surface area contributed by atoms with Crippen LogP contribution in [-0.2, 0) is 0 Å². The van der Waals surface area contributed by atoms with Crippen LogP contribution in [0.2, 0.25) is 0 Å². The maximum absolute atomic E-state index is 10.7. The molecule has 0 bridgehead atoms. The molecule has 2 atom stereocenters. The summed E-state index contributed by atoms with van der Waals surface area (Å²) in [6, 6.07) is 5.97. The Morgan fingerprint density at radius 2 is 2.00 bits per heavy atom. The van der Waals surface area contributed by atoms with E-state index in [4.69, 9.17) is 9.84 Å². The molecule has 1 fully saturated rings. The van der Waals surface area contributed by atoms with Crippen LogP contribution in [0, 0.1) is 6.92 Å². The molecule has 5 nitrogen and oxygen atoms in total. The molecule has 0 aromatic heterocycles. The van der Waals surface area contributed by atoms with Crippen molar-refractivity contribution in [3.05, 3.63) is 29.3 Å². The molecule has 1 aromatic rings. The van der Waals surface area contributed by atoms with Crippen molar-refractivity contribution in [2.24, 2.45) is 0 Å². The number of β-amino-alcohol motifs (C(OH)–C–C–N with tert-alkyl or cyclic N) is 1. The molecule has 0 saturated carbocycles. The van der Waals surface area contributed by atoms with Gasteiger partial charge in [-0.05, 0) is 12.5 Å². The van der Waals surface area contributed by atoms with Crippen LogP contribution in [0.4, 0.5) is 0 Å². The van der Waals surface area contributed by atoms with E-state index in [-0.39, 0.29) is 12.6 Å². The summed E-state index contributed by atoms with van der Waals surface area (Å²) in [5.41, 5.74) is 1.99. The molecule has 2 unspecified atom stereocenters. The number of aliphatic hydroxyl groups is 2. The van der Waals surface area contributed by atoms with Crippen LogP contribution in [0.5, 0.6) is 5.75 Å². The molecule has 0 amide bonds.